The van der Waals surface area contributed by atoms with E-state index in [-0.39, 0.29) is 11.9 Å². The number of nitrogens with one attached hydrogen (secondary N) is 1. The standard InChI is InChI=1S/C13H20N6O/c1-5-6-19-8-15-17-12(19)10(3)16-13(20)11-9(2)14-7-18(11)4/h7-8,10H,5-6H2,1-4H3,(H,16,20). The van der Waals surface area contributed by atoms with E-state index in [1.165, 1.54) is 0 Å². The third kappa shape index (κ3) is 2.71. The fourth-order valence-corrected chi connectivity index (χ4v) is 2.21. The Morgan fingerprint density at radius 3 is 2.80 bits per heavy atom. The third-order valence-corrected chi connectivity index (χ3v) is 3.18. The Kier molecular flexibility index (Phi) is 4.16. The molecule has 0 spiro atoms. The maximum Gasteiger partial charge on any atom is 0.270 e. The predicted octanol–water partition coefficient (Wildman–Crippen LogP) is 1.22. The number of rotatable bonds is 5. The van der Waals surface area contributed by atoms with Crippen molar-refractivity contribution < 1.29 is 4.79 Å². The molecule has 7 nitrogen and oxygen atoms in total. The molecule has 0 aliphatic rings. The van der Waals surface area contributed by atoms with Crippen LogP contribution in [0.1, 0.15) is 48.3 Å². The van der Waals surface area contributed by atoms with Gasteiger partial charge in [0.1, 0.15) is 12.0 Å². The van der Waals surface area contributed by atoms with Gasteiger partial charge in [-0.3, -0.25) is 4.79 Å². The number of imidazole rings is 1. The zero-order valence-electron chi connectivity index (χ0n) is 12.3. The monoisotopic (exact) mass is 276 g/mol. The molecule has 0 saturated carbocycles. The van der Waals surface area contributed by atoms with Crippen LogP contribution in [0, 0.1) is 6.92 Å². The summed E-state index contributed by atoms with van der Waals surface area (Å²) in [6.07, 6.45) is 4.32. The van der Waals surface area contributed by atoms with Crippen LogP contribution in [-0.2, 0) is 13.6 Å². The molecule has 2 aromatic rings. The van der Waals surface area contributed by atoms with Gasteiger partial charge in [-0.15, -0.1) is 10.2 Å². The lowest BCUT2D eigenvalue weighted by molar-refractivity contribution is 0.0928. The van der Waals surface area contributed by atoms with Crippen LogP contribution < -0.4 is 5.32 Å². The molecule has 108 valence electrons. The molecule has 2 heterocycles. The highest BCUT2D eigenvalue weighted by molar-refractivity contribution is 5.93. The van der Waals surface area contributed by atoms with Crippen LogP contribution >= 0.6 is 0 Å². The van der Waals surface area contributed by atoms with Gasteiger partial charge in [-0.05, 0) is 20.3 Å². The summed E-state index contributed by atoms with van der Waals surface area (Å²) >= 11 is 0. The Balaban J connectivity index is 2.13. The smallest absolute Gasteiger partial charge is 0.270 e. The van der Waals surface area contributed by atoms with Crippen molar-refractivity contribution in [3.8, 4) is 0 Å². The van der Waals surface area contributed by atoms with Crippen LogP contribution in [0.3, 0.4) is 0 Å². The van der Waals surface area contributed by atoms with Crippen LogP contribution in [0.15, 0.2) is 12.7 Å². The maximum atomic E-state index is 12.3. The van der Waals surface area contributed by atoms with E-state index >= 15 is 0 Å². The van der Waals surface area contributed by atoms with E-state index in [2.05, 4.69) is 27.4 Å². The predicted molar refractivity (Wildman–Crippen MR) is 74.1 cm³/mol. The first-order valence-electron chi connectivity index (χ1n) is 6.71. The normalized spacial score (nSPS) is 12.4. The number of aromatic nitrogens is 5. The van der Waals surface area contributed by atoms with Gasteiger partial charge in [0, 0.05) is 13.6 Å². The van der Waals surface area contributed by atoms with Crippen molar-refractivity contribution in [3.63, 3.8) is 0 Å². The van der Waals surface area contributed by atoms with Crippen molar-refractivity contribution in [3.05, 3.63) is 29.9 Å². The van der Waals surface area contributed by atoms with Crippen molar-refractivity contribution in [1.29, 1.82) is 0 Å². The minimum Gasteiger partial charge on any atom is -0.341 e. The molecule has 0 aliphatic heterocycles. The van der Waals surface area contributed by atoms with Crippen molar-refractivity contribution in [2.45, 2.75) is 39.8 Å². The molecule has 1 atom stereocenters. The minimum absolute atomic E-state index is 0.152. The lowest BCUT2D eigenvalue weighted by Crippen LogP contribution is -2.30. The lowest BCUT2D eigenvalue weighted by Gasteiger charge is -2.15. The van der Waals surface area contributed by atoms with Crippen LogP contribution in [0.25, 0.3) is 0 Å². The second-order valence-corrected chi connectivity index (χ2v) is 4.87. The molecule has 0 bridgehead atoms. The number of nitrogens with zero attached hydrogens (tertiary/aromatic N) is 5. The van der Waals surface area contributed by atoms with Crippen LogP contribution in [0.5, 0.6) is 0 Å². The van der Waals surface area contributed by atoms with Gasteiger partial charge in [0.25, 0.3) is 5.91 Å². The van der Waals surface area contributed by atoms with Crippen molar-refractivity contribution >= 4 is 5.91 Å². The van der Waals surface area contributed by atoms with Gasteiger partial charge in [-0.1, -0.05) is 6.92 Å². The van der Waals surface area contributed by atoms with E-state index in [0.717, 1.165) is 18.8 Å². The molecule has 1 unspecified atom stereocenters. The van der Waals surface area contributed by atoms with Gasteiger partial charge >= 0.3 is 0 Å². The molecular weight excluding hydrogens is 256 g/mol. The molecule has 2 aromatic heterocycles. The molecule has 0 fully saturated rings. The molecule has 0 aliphatic carbocycles. The SMILES string of the molecule is CCCn1cnnc1C(C)NC(=O)c1c(C)ncn1C. The van der Waals surface area contributed by atoms with Crippen molar-refractivity contribution in [1.82, 2.24) is 29.6 Å². The van der Waals surface area contributed by atoms with Gasteiger partial charge in [0.05, 0.1) is 18.1 Å². The summed E-state index contributed by atoms with van der Waals surface area (Å²) in [4.78, 5) is 16.4. The highest BCUT2D eigenvalue weighted by Gasteiger charge is 2.19. The molecule has 0 saturated heterocycles. The Morgan fingerprint density at radius 1 is 1.45 bits per heavy atom. The first-order chi connectivity index (χ1) is 9.54. The Morgan fingerprint density at radius 2 is 2.20 bits per heavy atom. The van der Waals surface area contributed by atoms with Crippen LogP contribution in [-0.4, -0.2) is 30.2 Å². The topological polar surface area (TPSA) is 77.6 Å². The summed E-state index contributed by atoms with van der Waals surface area (Å²) in [6.45, 7) is 6.65. The number of carbonyl (C=O) groups is 1. The maximum absolute atomic E-state index is 12.3. The first kappa shape index (κ1) is 14.2. The van der Waals surface area contributed by atoms with Gasteiger partial charge in [-0.25, -0.2) is 4.98 Å². The zero-order chi connectivity index (χ0) is 14.7. The average Bonchev–Trinajstić information content (AvgIpc) is 2.97. The number of aryl methyl sites for hydroxylation is 3. The molecule has 7 heteroatoms. The average molecular weight is 276 g/mol. The fourth-order valence-electron chi connectivity index (χ4n) is 2.21. The summed E-state index contributed by atoms with van der Waals surface area (Å²) in [5.74, 6) is 0.612. The second kappa shape index (κ2) is 5.85. The van der Waals surface area contributed by atoms with Crippen molar-refractivity contribution in [2.24, 2.45) is 7.05 Å². The summed E-state index contributed by atoms with van der Waals surface area (Å²) in [6, 6.07) is -0.203. The van der Waals surface area contributed by atoms with E-state index in [9.17, 15) is 4.79 Å². The Hall–Kier alpha value is -2.18. The summed E-state index contributed by atoms with van der Waals surface area (Å²) < 4.78 is 3.68. The van der Waals surface area contributed by atoms with Gasteiger partial charge in [-0.2, -0.15) is 0 Å². The summed E-state index contributed by atoms with van der Waals surface area (Å²) in [5, 5.41) is 10.9. The molecular formula is C13H20N6O. The molecule has 20 heavy (non-hydrogen) atoms. The second-order valence-electron chi connectivity index (χ2n) is 4.87. The molecule has 0 aromatic carbocycles. The fraction of sp³-hybridized carbons (Fsp3) is 0.538. The number of hydrogen-bond acceptors (Lipinski definition) is 4. The molecule has 1 N–H and O–H groups in total. The number of hydrogen-bond donors (Lipinski definition) is 1. The highest BCUT2D eigenvalue weighted by Crippen LogP contribution is 2.12. The van der Waals surface area contributed by atoms with Gasteiger partial charge < -0.3 is 14.5 Å². The van der Waals surface area contributed by atoms with Gasteiger partial charge in [0.2, 0.25) is 0 Å². The number of carbonyl (C=O) groups excluding carboxylic acids is 1. The summed E-state index contributed by atoms with van der Waals surface area (Å²) in [5.41, 5.74) is 1.28. The van der Waals surface area contributed by atoms with Crippen LogP contribution in [0.4, 0.5) is 0 Å². The molecule has 2 rings (SSSR count). The van der Waals surface area contributed by atoms with Gasteiger partial charge in [0.15, 0.2) is 5.82 Å². The lowest BCUT2D eigenvalue weighted by atomic mass is 10.2. The zero-order valence-corrected chi connectivity index (χ0v) is 12.3. The summed E-state index contributed by atoms with van der Waals surface area (Å²) in [7, 11) is 1.80. The highest BCUT2D eigenvalue weighted by atomic mass is 16.2. The molecule has 0 radical (unpaired) electrons. The quantitative estimate of drug-likeness (QED) is 0.890. The number of amides is 1. The third-order valence-electron chi connectivity index (χ3n) is 3.18. The first-order valence-corrected chi connectivity index (χ1v) is 6.71. The van der Waals surface area contributed by atoms with E-state index in [1.54, 1.807) is 24.3 Å². The van der Waals surface area contributed by atoms with E-state index in [4.69, 9.17) is 0 Å². The van der Waals surface area contributed by atoms with E-state index in [0.29, 0.717) is 11.4 Å². The van der Waals surface area contributed by atoms with Crippen LogP contribution in [0.2, 0.25) is 0 Å². The molecule has 1 amide bonds. The Bertz CT molecular complexity index is 580. The van der Waals surface area contributed by atoms with E-state index in [1.807, 2.05) is 18.4 Å². The largest absolute Gasteiger partial charge is 0.341 e. The van der Waals surface area contributed by atoms with E-state index < -0.39 is 0 Å². The van der Waals surface area contributed by atoms with Crippen molar-refractivity contribution in [2.75, 3.05) is 0 Å². The minimum atomic E-state index is -0.203. The Labute approximate surface area is 118 Å².